The van der Waals surface area contributed by atoms with Gasteiger partial charge in [-0.15, -0.1) is 0 Å². The van der Waals surface area contributed by atoms with E-state index in [9.17, 15) is 45.6 Å². The van der Waals surface area contributed by atoms with Crippen molar-refractivity contribution in [3.63, 3.8) is 0 Å². The molecule has 0 bridgehead atoms. The fraction of sp³-hybridized carbons (Fsp3) is 0.986. The quantitative estimate of drug-likeness (QED) is 0.0259. The first-order valence-corrected chi connectivity index (χ1v) is 36.3. The average molecular weight is 1200 g/mol. The molecule has 2 rings (SSSR count). The third-order valence-electron chi connectivity index (χ3n) is 18.3. The van der Waals surface area contributed by atoms with E-state index in [1.807, 2.05) is 0 Å². The van der Waals surface area contributed by atoms with Gasteiger partial charge in [0.05, 0.1) is 32.0 Å². The zero-order chi connectivity index (χ0) is 60.9. The van der Waals surface area contributed by atoms with Crippen LogP contribution in [0.3, 0.4) is 0 Å². The van der Waals surface area contributed by atoms with E-state index in [0.717, 1.165) is 51.4 Å². The van der Waals surface area contributed by atoms with Gasteiger partial charge < -0.3 is 65.1 Å². The number of nitrogens with one attached hydrogen (secondary N) is 1. The number of hydrogen-bond acceptors (Lipinski definition) is 13. The van der Waals surface area contributed by atoms with Crippen molar-refractivity contribution >= 4 is 5.91 Å². The van der Waals surface area contributed by atoms with Gasteiger partial charge in [0.2, 0.25) is 5.91 Å². The number of unbranched alkanes of at least 4 members (excludes halogenated alkanes) is 48. The molecule has 2 saturated heterocycles. The molecule has 9 N–H and O–H groups in total. The first kappa shape index (κ1) is 79.1. The Morgan fingerprint density at radius 2 is 0.679 bits per heavy atom. The Balaban J connectivity index is 1.60. The SMILES string of the molecule is CCCCCCCCCCCCCCCCCCCCCCCCCCCCCCCCCCCC(=O)N[C@@H](CO[C@@H]1O[C@H](CO)[C@@H](O[C@@H]2O[C@H](CO)[C@H](O)C(O)C2O)C(O)C1O)[C@H](O)CCCCCCCCCCCCCCCCCCC. The lowest BCUT2D eigenvalue weighted by Crippen LogP contribution is -2.65. The van der Waals surface area contributed by atoms with E-state index in [2.05, 4.69) is 19.2 Å². The van der Waals surface area contributed by atoms with Crippen LogP contribution in [-0.4, -0.2) is 140 Å². The largest absolute Gasteiger partial charge is 0.394 e. The van der Waals surface area contributed by atoms with E-state index in [4.69, 9.17) is 18.9 Å². The molecule has 0 aromatic carbocycles. The van der Waals surface area contributed by atoms with Crippen molar-refractivity contribution in [1.29, 1.82) is 0 Å². The monoisotopic (exact) mass is 1200 g/mol. The van der Waals surface area contributed by atoms with Gasteiger partial charge in [-0.05, 0) is 12.8 Å². The van der Waals surface area contributed by atoms with E-state index in [0.29, 0.717) is 12.8 Å². The summed E-state index contributed by atoms with van der Waals surface area (Å²) in [5, 5.41) is 87.6. The maximum Gasteiger partial charge on any atom is 0.220 e. The molecule has 2 fully saturated rings. The Bertz CT molecular complexity index is 1410. The summed E-state index contributed by atoms with van der Waals surface area (Å²) in [4.78, 5) is 13.3. The van der Waals surface area contributed by atoms with E-state index >= 15 is 0 Å². The maximum atomic E-state index is 13.3. The second-order valence-corrected chi connectivity index (χ2v) is 26.1. The van der Waals surface area contributed by atoms with Crippen LogP contribution in [0.4, 0.5) is 0 Å². The summed E-state index contributed by atoms with van der Waals surface area (Å²) >= 11 is 0. The summed E-state index contributed by atoms with van der Waals surface area (Å²) in [6.45, 7) is 2.92. The van der Waals surface area contributed by atoms with Crippen molar-refractivity contribution in [2.45, 2.75) is 421 Å². The van der Waals surface area contributed by atoms with E-state index in [-0.39, 0.29) is 12.5 Å². The van der Waals surface area contributed by atoms with Gasteiger partial charge in [-0.3, -0.25) is 4.79 Å². The highest BCUT2D eigenvalue weighted by Gasteiger charge is 2.51. The van der Waals surface area contributed by atoms with Gasteiger partial charge in [0.25, 0.3) is 0 Å². The van der Waals surface area contributed by atoms with Crippen molar-refractivity contribution in [2.75, 3.05) is 19.8 Å². The van der Waals surface area contributed by atoms with Gasteiger partial charge in [0.1, 0.15) is 48.8 Å². The molecule has 0 spiro atoms. The van der Waals surface area contributed by atoms with Crippen LogP contribution < -0.4 is 5.32 Å². The summed E-state index contributed by atoms with van der Waals surface area (Å²) in [5.74, 6) is -0.197. The van der Waals surface area contributed by atoms with Crippen molar-refractivity contribution in [3.8, 4) is 0 Å². The summed E-state index contributed by atoms with van der Waals surface area (Å²) in [5.41, 5.74) is 0. The van der Waals surface area contributed by atoms with E-state index < -0.39 is 86.8 Å². The first-order valence-electron chi connectivity index (χ1n) is 36.3. The minimum atomic E-state index is -1.78. The van der Waals surface area contributed by atoms with Gasteiger partial charge in [-0.2, -0.15) is 0 Å². The Kier molecular flexibility index (Phi) is 52.7. The zero-order valence-electron chi connectivity index (χ0n) is 54.4. The van der Waals surface area contributed by atoms with Crippen LogP contribution in [0.5, 0.6) is 0 Å². The molecule has 0 aliphatic carbocycles. The Hall–Kier alpha value is -1.01. The fourth-order valence-corrected chi connectivity index (χ4v) is 12.5. The van der Waals surface area contributed by atoms with Gasteiger partial charge in [-0.1, -0.05) is 328 Å². The zero-order valence-corrected chi connectivity index (χ0v) is 54.4. The number of ether oxygens (including phenoxy) is 4. The molecule has 1 amide bonds. The van der Waals surface area contributed by atoms with Gasteiger partial charge in [0.15, 0.2) is 12.6 Å². The minimum Gasteiger partial charge on any atom is -0.394 e. The number of amides is 1. The molecule has 2 aliphatic rings. The molecule has 0 radical (unpaired) electrons. The smallest absolute Gasteiger partial charge is 0.220 e. The lowest BCUT2D eigenvalue weighted by atomic mass is 9.97. The van der Waals surface area contributed by atoms with Crippen LogP contribution in [0.2, 0.25) is 0 Å². The molecular weight excluding hydrogens is 1060 g/mol. The van der Waals surface area contributed by atoms with Crippen LogP contribution in [-0.2, 0) is 23.7 Å². The minimum absolute atomic E-state index is 0.197. The Morgan fingerprint density at radius 3 is 1.01 bits per heavy atom. The standard InChI is InChI=1S/C70H137NO13/c1-3-5-7-9-11-13-15-17-19-21-22-23-24-25-26-27-28-29-30-31-32-33-34-35-36-38-40-42-44-46-48-50-52-54-62(75)71-58(59(74)53-51-49-47-45-43-41-39-37-20-18-16-14-12-10-8-6-4-2)57-81-69-67(80)65(78)68(61(56-73)83-69)84-70-66(79)64(77)63(76)60(55-72)82-70/h58-61,63-70,72-74,76-80H,3-57H2,1-2H3,(H,71,75)/t58-,59+,60+,61+,63-,64?,65?,66?,67?,68+,69+,70-/m0/s1. The summed E-state index contributed by atoms with van der Waals surface area (Å²) in [7, 11) is 0. The number of carbonyl (C=O) groups is 1. The third kappa shape index (κ3) is 39.9. The summed E-state index contributed by atoms with van der Waals surface area (Å²) < 4.78 is 22.9. The highest BCUT2D eigenvalue weighted by Crippen LogP contribution is 2.30. The van der Waals surface area contributed by atoms with E-state index in [1.54, 1.807) is 0 Å². The van der Waals surface area contributed by atoms with Crippen LogP contribution in [0.15, 0.2) is 0 Å². The van der Waals surface area contributed by atoms with Crippen LogP contribution in [0.25, 0.3) is 0 Å². The lowest BCUT2D eigenvalue weighted by molar-refractivity contribution is -0.359. The number of aliphatic hydroxyl groups is 8. The Labute approximate surface area is 514 Å². The lowest BCUT2D eigenvalue weighted by Gasteiger charge is -2.46. The summed E-state index contributed by atoms with van der Waals surface area (Å²) in [6, 6.07) is -0.824. The number of aliphatic hydroxyl groups excluding tert-OH is 8. The molecule has 500 valence electrons. The molecule has 0 aromatic rings. The van der Waals surface area contributed by atoms with Gasteiger partial charge >= 0.3 is 0 Å². The van der Waals surface area contributed by atoms with Crippen LogP contribution in [0, 0.1) is 0 Å². The molecule has 2 aliphatic heterocycles. The van der Waals surface area contributed by atoms with Crippen molar-refractivity contribution in [1.82, 2.24) is 5.32 Å². The highest BCUT2D eigenvalue weighted by atomic mass is 16.7. The molecule has 84 heavy (non-hydrogen) atoms. The second kappa shape index (κ2) is 56.0. The topological polar surface area (TPSA) is 228 Å². The Morgan fingerprint density at radius 1 is 0.381 bits per heavy atom. The number of carbonyl (C=O) groups excluding carboxylic acids is 1. The van der Waals surface area contributed by atoms with Crippen molar-refractivity contribution < 1.29 is 64.6 Å². The van der Waals surface area contributed by atoms with Crippen LogP contribution >= 0.6 is 0 Å². The van der Waals surface area contributed by atoms with Gasteiger partial charge in [-0.25, -0.2) is 0 Å². The third-order valence-corrected chi connectivity index (χ3v) is 18.3. The molecular formula is C70H137NO13. The molecule has 14 heteroatoms. The summed E-state index contributed by atoms with van der Waals surface area (Å²) in [6.07, 6.45) is 49.9. The number of rotatable bonds is 61. The maximum absolute atomic E-state index is 13.3. The predicted molar refractivity (Wildman–Crippen MR) is 342 cm³/mol. The van der Waals surface area contributed by atoms with Crippen molar-refractivity contribution in [3.05, 3.63) is 0 Å². The second-order valence-electron chi connectivity index (χ2n) is 26.1. The highest BCUT2D eigenvalue weighted by molar-refractivity contribution is 5.76. The molecule has 4 unspecified atom stereocenters. The molecule has 12 atom stereocenters. The average Bonchev–Trinajstić information content (AvgIpc) is 3.17. The normalized spacial score (nSPS) is 23.5. The molecule has 0 saturated carbocycles. The number of hydrogen-bond donors (Lipinski definition) is 9. The van der Waals surface area contributed by atoms with E-state index in [1.165, 1.54) is 270 Å². The first-order chi connectivity index (χ1) is 41.1. The molecule has 14 nitrogen and oxygen atoms in total. The van der Waals surface area contributed by atoms with Crippen molar-refractivity contribution in [2.24, 2.45) is 0 Å². The van der Waals surface area contributed by atoms with Gasteiger partial charge in [0, 0.05) is 6.42 Å². The molecule has 2 heterocycles. The van der Waals surface area contributed by atoms with Crippen LogP contribution in [0.1, 0.15) is 348 Å². The fourth-order valence-electron chi connectivity index (χ4n) is 12.5. The molecule has 0 aromatic heterocycles. The predicted octanol–water partition coefficient (Wildman–Crippen LogP) is 14.8.